The molecule has 0 aromatic carbocycles. The molecule has 0 bridgehead atoms. The summed E-state index contributed by atoms with van der Waals surface area (Å²) in [5.41, 5.74) is 0. The molecule has 0 N–H and O–H groups in total. The number of halogens is 1. The van der Waals surface area contributed by atoms with E-state index in [-0.39, 0.29) is 9.71 Å². The zero-order valence-electron chi connectivity index (χ0n) is 7.08. The molecule has 0 saturated heterocycles. The first-order valence-electron chi connectivity index (χ1n) is 3.77. The van der Waals surface area contributed by atoms with Crippen LogP contribution >= 0.6 is 33.9 Å². The molecule has 13 heavy (non-hydrogen) atoms. The summed E-state index contributed by atoms with van der Waals surface area (Å²) in [5, 5.41) is 8.50. The molecule has 0 saturated carbocycles. The number of carbonyl (C=O) groups is 1. The molecule has 4 heteroatoms. The summed E-state index contributed by atoms with van der Waals surface area (Å²) < 4.78 is 0.209. The molecular weight excluding hydrogens is 297 g/mol. The van der Waals surface area contributed by atoms with Crippen molar-refractivity contribution in [3.05, 3.63) is 21.9 Å². The average molecular weight is 305 g/mol. The summed E-state index contributed by atoms with van der Waals surface area (Å²) in [6.07, 6.45) is 0.498. The van der Waals surface area contributed by atoms with Crippen LogP contribution in [0, 0.1) is 11.3 Å². The molecule has 1 unspecified atom stereocenters. The molecule has 2 nitrogen and oxygen atoms in total. The fourth-order valence-corrected chi connectivity index (χ4v) is 2.56. The molecule has 68 valence electrons. The maximum absolute atomic E-state index is 11.0. The van der Waals surface area contributed by atoms with Crippen LogP contribution in [0.4, 0.5) is 0 Å². The van der Waals surface area contributed by atoms with Crippen molar-refractivity contribution in [3.63, 3.8) is 0 Å². The number of hydrogen-bond acceptors (Lipinski definition) is 3. The van der Waals surface area contributed by atoms with E-state index in [1.807, 2.05) is 12.1 Å². The Hall–Kier alpha value is -0.410. The van der Waals surface area contributed by atoms with E-state index in [4.69, 9.17) is 5.26 Å². The van der Waals surface area contributed by atoms with Gasteiger partial charge < -0.3 is 0 Å². The highest BCUT2D eigenvalue weighted by Gasteiger charge is 2.11. The fraction of sp³-hybridized carbons (Fsp3) is 0.333. The molecule has 0 aliphatic rings. The molecule has 1 heterocycles. The molecular formula is C9H8INOS. The van der Waals surface area contributed by atoms with Crippen LogP contribution in [0.1, 0.15) is 31.8 Å². The van der Waals surface area contributed by atoms with Crippen molar-refractivity contribution in [1.29, 1.82) is 5.26 Å². The monoisotopic (exact) mass is 305 g/mol. The Morgan fingerprint density at radius 2 is 2.46 bits per heavy atom. The number of hydrogen-bond donors (Lipinski definition) is 0. The highest BCUT2D eigenvalue weighted by molar-refractivity contribution is 14.1. The van der Waals surface area contributed by atoms with Crippen molar-refractivity contribution in [2.75, 3.05) is 0 Å². The lowest BCUT2D eigenvalue weighted by Crippen LogP contribution is -1.84. The van der Waals surface area contributed by atoms with Crippen LogP contribution in [0.25, 0.3) is 0 Å². The average Bonchev–Trinajstić information content (AvgIpc) is 2.52. The van der Waals surface area contributed by atoms with Crippen LogP contribution in [-0.4, -0.2) is 5.78 Å². The number of nitriles is 1. The maximum atomic E-state index is 11.0. The Morgan fingerprint density at radius 1 is 1.77 bits per heavy atom. The summed E-state index contributed by atoms with van der Waals surface area (Å²) in [6, 6.07) is 5.87. The van der Waals surface area contributed by atoms with E-state index in [2.05, 4.69) is 28.7 Å². The number of Topliss-reactive ketones (excluding diaryl/α,β-unsaturated/α-hetero) is 1. The number of carbonyl (C=O) groups excluding carboxylic acids is 1. The first-order valence-corrected chi connectivity index (χ1v) is 5.83. The Bertz CT molecular complexity index is 353. The number of thiophene rings is 1. The van der Waals surface area contributed by atoms with Gasteiger partial charge in [-0.3, -0.25) is 4.79 Å². The first kappa shape index (κ1) is 10.7. The van der Waals surface area contributed by atoms with Crippen molar-refractivity contribution in [2.24, 2.45) is 0 Å². The van der Waals surface area contributed by atoms with Crippen LogP contribution in [0.2, 0.25) is 0 Å². The van der Waals surface area contributed by atoms with Crippen molar-refractivity contribution < 1.29 is 4.79 Å². The van der Waals surface area contributed by atoms with Crippen LogP contribution in [0.5, 0.6) is 0 Å². The van der Waals surface area contributed by atoms with Crippen LogP contribution < -0.4 is 0 Å². The normalized spacial score (nSPS) is 12.1. The van der Waals surface area contributed by atoms with Crippen molar-refractivity contribution in [3.8, 4) is 6.07 Å². The maximum Gasteiger partial charge on any atom is 0.169 e. The largest absolute Gasteiger partial charge is 0.294 e. The van der Waals surface area contributed by atoms with Crippen molar-refractivity contribution in [1.82, 2.24) is 0 Å². The summed E-state index contributed by atoms with van der Waals surface area (Å²) in [5.74, 6) is 0.0943. The molecule has 1 rings (SSSR count). The fourth-order valence-electron chi connectivity index (χ4n) is 0.891. The zero-order valence-corrected chi connectivity index (χ0v) is 10.1. The van der Waals surface area contributed by atoms with Gasteiger partial charge in [-0.1, -0.05) is 22.6 Å². The van der Waals surface area contributed by atoms with Gasteiger partial charge >= 0.3 is 0 Å². The summed E-state index contributed by atoms with van der Waals surface area (Å²) in [7, 11) is 0. The van der Waals surface area contributed by atoms with E-state index in [9.17, 15) is 4.79 Å². The van der Waals surface area contributed by atoms with E-state index in [0.29, 0.717) is 6.42 Å². The van der Waals surface area contributed by atoms with Gasteiger partial charge in [0.15, 0.2) is 5.78 Å². The molecule has 0 aliphatic heterocycles. The van der Waals surface area contributed by atoms with E-state index in [1.165, 1.54) is 11.3 Å². The Labute approximate surface area is 94.7 Å². The summed E-state index contributed by atoms with van der Waals surface area (Å²) in [6.45, 7) is 1.56. The number of rotatable bonds is 3. The van der Waals surface area contributed by atoms with Gasteiger partial charge in [0, 0.05) is 4.88 Å². The third kappa shape index (κ3) is 2.78. The molecule has 0 fully saturated rings. The van der Waals surface area contributed by atoms with Crippen molar-refractivity contribution in [2.45, 2.75) is 17.3 Å². The Morgan fingerprint density at radius 3 is 2.92 bits per heavy atom. The van der Waals surface area contributed by atoms with Gasteiger partial charge in [-0.05, 0) is 19.1 Å². The van der Waals surface area contributed by atoms with Gasteiger partial charge in [0.2, 0.25) is 0 Å². The van der Waals surface area contributed by atoms with E-state index in [1.54, 1.807) is 6.92 Å². The number of ketones is 1. The Kier molecular flexibility index (Phi) is 3.88. The van der Waals surface area contributed by atoms with Gasteiger partial charge in [-0.2, -0.15) is 5.26 Å². The van der Waals surface area contributed by atoms with Crippen molar-refractivity contribution >= 4 is 39.7 Å². The third-order valence-electron chi connectivity index (χ3n) is 1.55. The SMILES string of the molecule is CC(=O)c1ccc(C(I)CC#N)s1. The zero-order chi connectivity index (χ0) is 9.84. The summed E-state index contributed by atoms with van der Waals surface area (Å²) >= 11 is 3.70. The first-order chi connectivity index (χ1) is 6.15. The smallest absolute Gasteiger partial charge is 0.169 e. The number of nitrogens with zero attached hydrogens (tertiary/aromatic N) is 1. The lowest BCUT2D eigenvalue weighted by atomic mass is 10.3. The molecule has 0 spiro atoms. The predicted molar refractivity (Wildman–Crippen MR) is 61.3 cm³/mol. The van der Waals surface area contributed by atoms with Gasteiger partial charge in [-0.25, -0.2) is 0 Å². The minimum Gasteiger partial charge on any atom is -0.294 e. The lowest BCUT2D eigenvalue weighted by molar-refractivity contribution is 0.102. The second-order valence-electron chi connectivity index (χ2n) is 2.59. The van der Waals surface area contributed by atoms with E-state index in [0.717, 1.165) is 9.75 Å². The molecule has 0 aliphatic carbocycles. The van der Waals surface area contributed by atoms with E-state index >= 15 is 0 Å². The predicted octanol–water partition coefficient (Wildman–Crippen LogP) is 3.34. The van der Waals surface area contributed by atoms with Gasteiger partial charge in [0.1, 0.15) is 0 Å². The van der Waals surface area contributed by atoms with Crippen LogP contribution in [0.3, 0.4) is 0 Å². The summed E-state index contributed by atoms with van der Waals surface area (Å²) in [4.78, 5) is 12.9. The quantitative estimate of drug-likeness (QED) is 0.488. The van der Waals surface area contributed by atoms with Gasteiger partial charge in [-0.15, -0.1) is 11.3 Å². The van der Waals surface area contributed by atoms with Gasteiger partial charge in [0.05, 0.1) is 21.3 Å². The lowest BCUT2D eigenvalue weighted by Gasteiger charge is -1.99. The molecule has 1 atom stereocenters. The minimum absolute atomic E-state index is 0.0943. The van der Waals surface area contributed by atoms with E-state index < -0.39 is 0 Å². The minimum atomic E-state index is 0.0943. The van der Waals surface area contributed by atoms with Gasteiger partial charge in [0.25, 0.3) is 0 Å². The Balaban J connectivity index is 2.80. The highest BCUT2D eigenvalue weighted by Crippen LogP contribution is 2.32. The second-order valence-corrected chi connectivity index (χ2v) is 5.21. The van der Waals surface area contributed by atoms with Crippen LogP contribution in [0.15, 0.2) is 12.1 Å². The molecule has 1 aromatic rings. The highest BCUT2D eigenvalue weighted by atomic mass is 127. The molecule has 1 aromatic heterocycles. The molecule has 0 radical (unpaired) electrons. The topological polar surface area (TPSA) is 40.9 Å². The third-order valence-corrected chi connectivity index (χ3v) is 4.39. The van der Waals surface area contributed by atoms with Crippen LogP contribution in [-0.2, 0) is 0 Å². The standard InChI is InChI=1S/C9H8INOS/c1-6(12)8-2-3-9(13-8)7(10)4-5-11/h2-3,7H,4H2,1H3. The second kappa shape index (κ2) is 4.72. The molecule has 0 amide bonds. The number of alkyl halides is 1.